The number of pyridine rings is 1. The van der Waals surface area contributed by atoms with Crippen molar-refractivity contribution in [2.45, 2.75) is 17.7 Å². The lowest BCUT2D eigenvalue weighted by Gasteiger charge is -2.17. The van der Waals surface area contributed by atoms with Gasteiger partial charge < -0.3 is 14.4 Å². The van der Waals surface area contributed by atoms with Crippen molar-refractivity contribution >= 4 is 21.5 Å². The van der Waals surface area contributed by atoms with Crippen LogP contribution in [0.1, 0.15) is 12.8 Å². The lowest BCUT2D eigenvalue weighted by Crippen LogP contribution is -2.18. The van der Waals surface area contributed by atoms with Crippen LogP contribution >= 0.6 is 0 Å². The molecule has 1 fully saturated rings. The molecule has 0 aliphatic carbocycles. The van der Waals surface area contributed by atoms with Gasteiger partial charge in [0.2, 0.25) is 6.79 Å². The van der Waals surface area contributed by atoms with Crippen LogP contribution in [-0.2, 0) is 10.0 Å². The molecule has 2 aromatic rings. The molecule has 8 heteroatoms. The summed E-state index contributed by atoms with van der Waals surface area (Å²) in [6, 6.07) is 8.08. The van der Waals surface area contributed by atoms with Gasteiger partial charge in [-0.3, -0.25) is 4.72 Å². The van der Waals surface area contributed by atoms with Crippen molar-refractivity contribution in [1.82, 2.24) is 4.98 Å². The minimum Gasteiger partial charge on any atom is -0.454 e. The van der Waals surface area contributed by atoms with Crippen LogP contribution in [0.2, 0.25) is 0 Å². The Hall–Kier alpha value is -2.48. The first-order valence-electron chi connectivity index (χ1n) is 7.75. The summed E-state index contributed by atoms with van der Waals surface area (Å²) in [7, 11) is -3.73. The first-order valence-corrected chi connectivity index (χ1v) is 9.24. The van der Waals surface area contributed by atoms with Crippen molar-refractivity contribution < 1.29 is 17.9 Å². The van der Waals surface area contributed by atoms with Crippen molar-refractivity contribution in [3.8, 4) is 11.5 Å². The average Bonchev–Trinajstić information content (AvgIpc) is 3.26. The number of hydrogen-bond acceptors (Lipinski definition) is 6. The van der Waals surface area contributed by atoms with Crippen LogP contribution in [0.25, 0.3) is 0 Å². The maximum absolute atomic E-state index is 12.5. The van der Waals surface area contributed by atoms with E-state index in [1.165, 1.54) is 25.0 Å². The Morgan fingerprint density at radius 3 is 2.58 bits per heavy atom. The van der Waals surface area contributed by atoms with Crippen LogP contribution in [0.15, 0.2) is 41.4 Å². The Bertz CT molecular complexity index is 846. The summed E-state index contributed by atoms with van der Waals surface area (Å²) >= 11 is 0. The second kappa shape index (κ2) is 5.86. The maximum Gasteiger partial charge on any atom is 0.263 e. The number of rotatable bonds is 4. The standard InChI is InChI=1S/C16H17N3O4S/c20-24(21,13-4-5-14-15(9-13)23-11-22-14)18-16-6-3-12(10-17-16)19-7-1-2-8-19/h3-6,9-10H,1-2,7-8,11H2,(H,17,18). The van der Waals surface area contributed by atoms with Crippen LogP contribution < -0.4 is 19.1 Å². The molecule has 0 spiro atoms. The van der Waals surface area contributed by atoms with Crippen molar-refractivity contribution in [3.05, 3.63) is 36.5 Å². The molecule has 1 N–H and O–H groups in total. The summed E-state index contributed by atoms with van der Waals surface area (Å²) < 4.78 is 37.9. The fourth-order valence-electron chi connectivity index (χ4n) is 2.85. The molecule has 126 valence electrons. The van der Waals surface area contributed by atoms with Crippen LogP contribution in [0, 0.1) is 0 Å². The van der Waals surface area contributed by atoms with Crippen LogP contribution in [0.5, 0.6) is 11.5 Å². The average molecular weight is 347 g/mol. The third-order valence-electron chi connectivity index (χ3n) is 4.11. The van der Waals surface area contributed by atoms with Gasteiger partial charge in [0.15, 0.2) is 11.5 Å². The maximum atomic E-state index is 12.5. The van der Waals surface area contributed by atoms with E-state index in [1.807, 2.05) is 6.07 Å². The van der Waals surface area contributed by atoms with Gasteiger partial charge in [0.05, 0.1) is 16.8 Å². The Morgan fingerprint density at radius 2 is 1.83 bits per heavy atom. The molecule has 4 rings (SSSR count). The van der Waals surface area contributed by atoms with E-state index < -0.39 is 10.0 Å². The zero-order valence-corrected chi connectivity index (χ0v) is 13.8. The lowest BCUT2D eigenvalue weighted by atomic mass is 10.3. The van der Waals surface area contributed by atoms with E-state index in [4.69, 9.17) is 9.47 Å². The SMILES string of the molecule is O=S(=O)(Nc1ccc(N2CCCC2)cn1)c1ccc2c(c1)OCO2. The van der Waals surface area contributed by atoms with E-state index in [9.17, 15) is 8.42 Å². The van der Waals surface area contributed by atoms with Crippen molar-refractivity contribution in [2.75, 3.05) is 29.5 Å². The first-order chi connectivity index (χ1) is 11.6. The predicted octanol–water partition coefficient (Wildman–Crippen LogP) is 2.21. The molecule has 1 saturated heterocycles. The van der Waals surface area contributed by atoms with Gasteiger partial charge in [-0.25, -0.2) is 13.4 Å². The number of hydrogen-bond donors (Lipinski definition) is 1. The van der Waals surface area contributed by atoms with Gasteiger partial charge in [-0.2, -0.15) is 0 Å². The highest BCUT2D eigenvalue weighted by atomic mass is 32.2. The molecule has 0 bridgehead atoms. The van der Waals surface area contributed by atoms with Crippen LogP contribution in [-0.4, -0.2) is 33.3 Å². The molecule has 2 aliphatic heterocycles. The normalized spacial score (nSPS) is 16.4. The lowest BCUT2D eigenvalue weighted by molar-refractivity contribution is 0.174. The molecule has 0 amide bonds. The Balaban J connectivity index is 1.53. The summed E-state index contributed by atoms with van der Waals surface area (Å²) in [5.74, 6) is 1.26. The number of nitrogens with zero attached hydrogens (tertiary/aromatic N) is 2. The predicted molar refractivity (Wildman–Crippen MR) is 89.1 cm³/mol. The molecule has 0 saturated carbocycles. The topological polar surface area (TPSA) is 80.8 Å². The smallest absolute Gasteiger partial charge is 0.263 e. The van der Waals surface area contributed by atoms with E-state index in [1.54, 1.807) is 18.3 Å². The molecule has 1 aromatic heterocycles. The third kappa shape index (κ3) is 2.84. The van der Waals surface area contributed by atoms with Crippen LogP contribution in [0.3, 0.4) is 0 Å². The highest BCUT2D eigenvalue weighted by Gasteiger charge is 2.21. The van der Waals surface area contributed by atoms with Crippen LogP contribution in [0.4, 0.5) is 11.5 Å². The van der Waals surface area contributed by atoms with Crippen molar-refractivity contribution in [2.24, 2.45) is 0 Å². The molecule has 7 nitrogen and oxygen atoms in total. The monoisotopic (exact) mass is 347 g/mol. The number of ether oxygens (including phenoxy) is 2. The highest BCUT2D eigenvalue weighted by molar-refractivity contribution is 7.92. The van der Waals surface area contributed by atoms with E-state index >= 15 is 0 Å². The van der Waals surface area contributed by atoms with Gasteiger partial charge in [0, 0.05) is 19.2 Å². The second-order valence-electron chi connectivity index (χ2n) is 5.72. The van der Waals surface area contributed by atoms with Gasteiger partial charge in [0.1, 0.15) is 5.82 Å². The quantitative estimate of drug-likeness (QED) is 0.913. The summed E-state index contributed by atoms with van der Waals surface area (Å²) in [5, 5.41) is 0. The van der Waals surface area contributed by atoms with Gasteiger partial charge in [-0.05, 0) is 37.1 Å². The fraction of sp³-hybridized carbons (Fsp3) is 0.312. The number of sulfonamides is 1. The summed E-state index contributed by atoms with van der Waals surface area (Å²) in [6.45, 7) is 2.14. The zero-order chi connectivity index (χ0) is 16.6. The molecular formula is C16H17N3O4S. The van der Waals surface area contributed by atoms with Gasteiger partial charge >= 0.3 is 0 Å². The number of anilines is 2. The molecule has 24 heavy (non-hydrogen) atoms. The summed E-state index contributed by atoms with van der Waals surface area (Å²) in [5.41, 5.74) is 1.01. The molecule has 1 aromatic carbocycles. The van der Waals surface area contributed by atoms with E-state index in [0.717, 1.165) is 18.8 Å². The molecule has 0 atom stereocenters. The zero-order valence-electron chi connectivity index (χ0n) is 12.9. The van der Waals surface area contributed by atoms with Gasteiger partial charge in [-0.1, -0.05) is 0 Å². The number of nitrogens with one attached hydrogen (secondary N) is 1. The minimum absolute atomic E-state index is 0.103. The number of fused-ring (bicyclic) bond motifs is 1. The third-order valence-corrected chi connectivity index (χ3v) is 5.46. The summed E-state index contributed by atoms with van der Waals surface area (Å²) in [6.07, 6.45) is 4.06. The number of benzene rings is 1. The molecule has 2 aliphatic rings. The first kappa shape index (κ1) is 15.1. The van der Waals surface area contributed by atoms with Gasteiger partial charge in [0.25, 0.3) is 10.0 Å². The Labute approximate surface area is 140 Å². The van der Waals surface area contributed by atoms with E-state index in [-0.39, 0.29) is 17.5 Å². The highest BCUT2D eigenvalue weighted by Crippen LogP contribution is 2.34. The second-order valence-corrected chi connectivity index (χ2v) is 7.40. The molecule has 0 unspecified atom stereocenters. The van der Waals surface area contributed by atoms with Crippen molar-refractivity contribution in [3.63, 3.8) is 0 Å². The van der Waals surface area contributed by atoms with Gasteiger partial charge in [-0.15, -0.1) is 0 Å². The Kier molecular flexibility index (Phi) is 3.68. The largest absolute Gasteiger partial charge is 0.454 e. The Morgan fingerprint density at radius 1 is 1.04 bits per heavy atom. The molecule has 3 heterocycles. The van der Waals surface area contributed by atoms with E-state index in [2.05, 4.69) is 14.6 Å². The molecular weight excluding hydrogens is 330 g/mol. The minimum atomic E-state index is -3.73. The fourth-order valence-corrected chi connectivity index (χ4v) is 3.87. The summed E-state index contributed by atoms with van der Waals surface area (Å²) in [4.78, 5) is 6.57. The van der Waals surface area contributed by atoms with E-state index in [0.29, 0.717) is 11.5 Å². The number of aromatic nitrogens is 1. The van der Waals surface area contributed by atoms with Crippen molar-refractivity contribution in [1.29, 1.82) is 0 Å². The molecule has 0 radical (unpaired) electrons.